The van der Waals surface area contributed by atoms with Crippen LogP contribution in [0, 0.1) is 0 Å². The molecular weight excluding hydrogens is 174 g/mol. The zero-order valence-corrected chi connectivity index (χ0v) is 6.99. The Bertz CT molecular complexity index is 281. The van der Waals surface area contributed by atoms with E-state index >= 15 is 0 Å². The van der Waals surface area contributed by atoms with Crippen molar-refractivity contribution < 1.29 is 19.4 Å². The summed E-state index contributed by atoms with van der Waals surface area (Å²) in [5.74, 6) is -0.629. The first kappa shape index (κ1) is 9.76. The predicted octanol–water partition coefficient (Wildman–Crippen LogP) is 0.0597. The van der Waals surface area contributed by atoms with E-state index in [1.165, 1.54) is 12.3 Å². The average Bonchev–Trinajstić information content (AvgIpc) is 2.53. The Kier molecular flexibility index (Phi) is 3.48. The monoisotopic (exact) mass is 185 g/mol. The maximum atomic E-state index is 10.6. The first-order valence-corrected chi connectivity index (χ1v) is 3.87. The van der Waals surface area contributed by atoms with E-state index in [0.717, 1.165) is 0 Å². The van der Waals surface area contributed by atoms with Gasteiger partial charge in [-0.15, -0.1) is 0 Å². The Morgan fingerprint density at radius 3 is 3.00 bits per heavy atom. The van der Waals surface area contributed by atoms with Crippen LogP contribution in [0.15, 0.2) is 16.7 Å². The summed E-state index contributed by atoms with van der Waals surface area (Å²) in [4.78, 5) is 10.6. The van der Waals surface area contributed by atoms with E-state index in [9.17, 15) is 4.79 Å². The van der Waals surface area contributed by atoms with Crippen molar-refractivity contribution in [2.45, 2.75) is 6.54 Å². The number of hydrogen-bond donors (Lipinski definition) is 3. The highest BCUT2D eigenvalue weighted by Gasteiger charge is 2.11. The number of carboxylic acid groups (broad SMARTS) is 1. The third kappa shape index (κ3) is 2.57. The van der Waals surface area contributed by atoms with Crippen molar-refractivity contribution in [2.75, 3.05) is 13.2 Å². The minimum absolute atomic E-state index is 0.0170. The van der Waals surface area contributed by atoms with Crippen LogP contribution in [-0.2, 0) is 6.54 Å². The summed E-state index contributed by atoms with van der Waals surface area (Å²) < 4.78 is 4.95. The van der Waals surface area contributed by atoms with Crippen LogP contribution in [0.4, 0.5) is 0 Å². The Morgan fingerprint density at radius 1 is 1.62 bits per heavy atom. The Morgan fingerprint density at radius 2 is 2.38 bits per heavy atom. The van der Waals surface area contributed by atoms with Gasteiger partial charge >= 0.3 is 5.97 Å². The molecule has 0 saturated heterocycles. The lowest BCUT2D eigenvalue weighted by Crippen LogP contribution is -2.18. The molecule has 1 heterocycles. The van der Waals surface area contributed by atoms with Gasteiger partial charge in [0.2, 0.25) is 0 Å². The minimum atomic E-state index is -1.01. The number of rotatable bonds is 5. The van der Waals surface area contributed by atoms with Gasteiger partial charge in [-0.05, 0) is 6.07 Å². The molecule has 0 amide bonds. The fourth-order valence-electron chi connectivity index (χ4n) is 0.949. The van der Waals surface area contributed by atoms with Crippen molar-refractivity contribution in [3.8, 4) is 0 Å². The molecule has 0 atom stereocenters. The summed E-state index contributed by atoms with van der Waals surface area (Å²) in [6.07, 6.45) is 1.33. The number of nitrogens with one attached hydrogen (secondary N) is 1. The summed E-state index contributed by atoms with van der Waals surface area (Å²) in [5.41, 5.74) is 0.158. The predicted molar refractivity (Wildman–Crippen MR) is 44.5 cm³/mol. The van der Waals surface area contributed by atoms with Gasteiger partial charge in [-0.3, -0.25) is 0 Å². The summed E-state index contributed by atoms with van der Waals surface area (Å²) in [6, 6.07) is 1.40. The number of aliphatic hydroxyl groups excluding tert-OH is 1. The molecule has 3 N–H and O–H groups in total. The van der Waals surface area contributed by atoms with Crippen molar-refractivity contribution in [3.05, 3.63) is 23.7 Å². The quantitative estimate of drug-likeness (QED) is 0.565. The SMILES string of the molecule is O=C(O)c1ccoc1CNCCO. The zero-order chi connectivity index (χ0) is 9.68. The van der Waals surface area contributed by atoms with E-state index < -0.39 is 5.97 Å². The Labute approximate surface area is 75.0 Å². The molecule has 0 spiro atoms. The minimum Gasteiger partial charge on any atom is -0.478 e. The van der Waals surface area contributed by atoms with Crippen molar-refractivity contribution in [3.63, 3.8) is 0 Å². The molecule has 0 bridgehead atoms. The normalized spacial score (nSPS) is 10.2. The third-order valence-electron chi connectivity index (χ3n) is 1.55. The number of furan rings is 1. The van der Waals surface area contributed by atoms with Crippen LogP contribution in [0.1, 0.15) is 16.1 Å². The van der Waals surface area contributed by atoms with Gasteiger partial charge in [0, 0.05) is 6.54 Å². The van der Waals surface area contributed by atoms with Crippen LogP contribution < -0.4 is 5.32 Å². The summed E-state index contributed by atoms with van der Waals surface area (Å²) >= 11 is 0. The molecule has 0 fully saturated rings. The average molecular weight is 185 g/mol. The lowest BCUT2D eigenvalue weighted by atomic mass is 10.2. The van der Waals surface area contributed by atoms with Crippen molar-refractivity contribution in [2.24, 2.45) is 0 Å². The largest absolute Gasteiger partial charge is 0.478 e. The third-order valence-corrected chi connectivity index (χ3v) is 1.55. The molecule has 5 nitrogen and oxygen atoms in total. The smallest absolute Gasteiger partial charge is 0.339 e. The molecule has 0 radical (unpaired) electrons. The number of carbonyl (C=O) groups is 1. The van der Waals surface area contributed by atoms with Crippen LogP contribution in [-0.4, -0.2) is 29.3 Å². The Balaban J connectivity index is 2.55. The van der Waals surface area contributed by atoms with Crippen molar-refractivity contribution in [1.82, 2.24) is 5.32 Å². The van der Waals surface area contributed by atoms with Crippen LogP contribution in [0.2, 0.25) is 0 Å². The Hall–Kier alpha value is -1.33. The van der Waals surface area contributed by atoms with E-state index in [1.807, 2.05) is 0 Å². The van der Waals surface area contributed by atoms with E-state index in [4.69, 9.17) is 14.6 Å². The molecule has 1 aromatic heterocycles. The summed E-state index contributed by atoms with van der Waals surface area (Å²) in [5, 5.41) is 20.0. The number of carboxylic acids is 1. The molecule has 0 aliphatic rings. The fraction of sp³-hybridized carbons (Fsp3) is 0.375. The number of aromatic carboxylic acids is 1. The highest BCUT2D eigenvalue weighted by molar-refractivity contribution is 5.88. The summed E-state index contributed by atoms with van der Waals surface area (Å²) in [7, 11) is 0. The van der Waals surface area contributed by atoms with E-state index in [-0.39, 0.29) is 12.2 Å². The van der Waals surface area contributed by atoms with Crippen LogP contribution in [0.5, 0.6) is 0 Å². The van der Waals surface area contributed by atoms with Gasteiger partial charge in [-0.1, -0.05) is 0 Å². The number of hydrogen-bond acceptors (Lipinski definition) is 4. The zero-order valence-electron chi connectivity index (χ0n) is 6.99. The second-order valence-corrected chi connectivity index (χ2v) is 2.46. The standard InChI is InChI=1S/C8H11NO4/c10-3-2-9-5-7-6(8(11)12)1-4-13-7/h1,4,9-10H,2-3,5H2,(H,11,12). The van der Waals surface area contributed by atoms with Gasteiger partial charge in [-0.25, -0.2) is 4.79 Å². The molecule has 0 unspecified atom stereocenters. The van der Waals surface area contributed by atoms with Crippen molar-refractivity contribution >= 4 is 5.97 Å². The molecule has 72 valence electrons. The first-order valence-electron chi connectivity index (χ1n) is 3.87. The van der Waals surface area contributed by atoms with Gasteiger partial charge in [0.05, 0.1) is 19.4 Å². The molecule has 0 saturated carbocycles. The molecule has 5 heteroatoms. The van der Waals surface area contributed by atoms with Crippen LogP contribution in [0.3, 0.4) is 0 Å². The van der Waals surface area contributed by atoms with Gasteiger partial charge in [0.1, 0.15) is 11.3 Å². The molecule has 0 aromatic carbocycles. The van der Waals surface area contributed by atoms with Crippen LogP contribution in [0.25, 0.3) is 0 Å². The lowest BCUT2D eigenvalue weighted by Gasteiger charge is -1.99. The molecule has 0 aliphatic carbocycles. The van der Waals surface area contributed by atoms with E-state index in [0.29, 0.717) is 18.8 Å². The molecule has 0 aliphatic heterocycles. The summed E-state index contributed by atoms with van der Waals surface area (Å²) in [6.45, 7) is 0.748. The molecule has 1 rings (SSSR count). The molecule has 1 aromatic rings. The maximum Gasteiger partial charge on any atom is 0.339 e. The van der Waals surface area contributed by atoms with Gasteiger partial charge < -0.3 is 19.9 Å². The van der Waals surface area contributed by atoms with E-state index in [2.05, 4.69) is 5.32 Å². The fourth-order valence-corrected chi connectivity index (χ4v) is 0.949. The second kappa shape index (κ2) is 4.64. The van der Waals surface area contributed by atoms with Crippen LogP contribution >= 0.6 is 0 Å². The first-order chi connectivity index (χ1) is 6.25. The lowest BCUT2D eigenvalue weighted by molar-refractivity contribution is 0.0694. The van der Waals surface area contributed by atoms with Gasteiger partial charge in [0.15, 0.2) is 0 Å². The second-order valence-electron chi connectivity index (χ2n) is 2.46. The maximum absolute atomic E-state index is 10.6. The molecule has 13 heavy (non-hydrogen) atoms. The van der Waals surface area contributed by atoms with Crippen molar-refractivity contribution in [1.29, 1.82) is 0 Å². The highest BCUT2D eigenvalue weighted by Crippen LogP contribution is 2.09. The van der Waals surface area contributed by atoms with E-state index in [1.54, 1.807) is 0 Å². The topological polar surface area (TPSA) is 82.7 Å². The van der Waals surface area contributed by atoms with Gasteiger partial charge in [0.25, 0.3) is 0 Å². The van der Waals surface area contributed by atoms with Gasteiger partial charge in [-0.2, -0.15) is 0 Å². The highest BCUT2D eigenvalue weighted by atomic mass is 16.4. The number of aliphatic hydroxyl groups is 1. The molecular formula is C8H11NO4.